The van der Waals surface area contributed by atoms with Crippen molar-refractivity contribution in [2.24, 2.45) is 10.8 Å². The third-order valence-electron chi connectivity index (χ3n) is 7.95. The van der Waals surface area contributed by atoms with Crippen LogP contribution in [0.4, 0.5) is 5.69 Å². The van der Waals surface area contributed by atoms with E-state index in [4.69, 9.17) is 9.47 Å². The zero-order chi connectivity index (χ0) is 29.7. The van der Waals surface area contributed by atoms with Crippen LogP contribution in [0.15, 0.2) is 58.9 Å². The predicted octanol–water partition coefficient (Wildman–Crippen LogP) is 6.60. The number of Topliss-reactive ketones (excluding diaryl/α,β-unsaturated/α-hetero) is 2. The number of amides is 1. The third kappa shape index (κ3) is 6.08. The number of aryl methyl sites for hydroxylation is 1. The van der Waals surface area contributed by atoms with Crippen LogP contribution in [0.2, 0.25) is 0 Å². The minimum atomic E-state index is -0.477. The molecule has 0 radical (unpaired) electrons. The molecule has 0 bridgehead atoms. The summed E-state index contributed by atoms with van der Waals surface area (Å²) in [6.45, 7) is 10.2. The Bertz CT molecular complexity index is 1470. The van der Waals surface area contributed by atoms with Gasteiger partial charge in [0.1, 0.15) is 0 Å². The van der Waals surface area contributed by atoms with E-state index in [1.165, 1.54) is 0 Å². The number of halogens is 1. The number of anilines is 1. The molecule has 5 rings (SSSR count). The van der Waals surface area contributed by atoms with E-state index in [1.54, 1.807) is 7.11 Å². The van der Waals surface area contributed by atoms with Gasteiger partial charge in [0.2, 0.25) is 0 Å². The molecule has 3 aliphatic rings. The third-order valence-corrected chi connectivity index (χ3v) is 8.75. The summed E-state index contributed by atoms with van der Waals surface area (Å²) >= 11 is 2.17. The molecule has 1 amide bonds. The normalized spacial score (nSPS) is 19.8. The molecule has 0 atom stereocenters. The minimum Gasteiger partial charge on any atom is -0.493 e. The second-order valence-electron chi connectivity index (χ2n) is 13.0. The summed E-state index contributed by atoms with van der Waals surface area (Å²) in [6.07, 6.45) is 2.33. The first-order valence-electron chi connectivity index (χ1n) is 13.9. The lowest BCUT2D eigenvalue weighted by molar-refractivity contribution is -0.119. The van der Waals surface area contributed by atoms with Crippen LogP contribution in [0.25, 0.3) is 0 Å². The number of ether oxygens (including phenoxy) is 2. The Kier molecular flexibility index (Phi) is 7.82. The molecule has 216 valence electrons. The summed E-state index contributed by atoms with van der Waals surface area (Å²) in [7, 11) is 1.55. The zero-order valence-corrected chi connectivity index (χ0v) is 26.7. The first-order chi connectivity index (χ1) is 19.3. The second kappa shape index (κ2) is 10.9. The van der Waals surface area contributed by atoms with E-state index in [-0.39, 0.29) is 34.9 Å². The number of ketones is 2. The number of nitrogens with one attached hydrogen (secondary N) is 2. The second-order valence-corrected chi connectivity index (χ2v) is 14.1. The molecular weight excluding hydrogens is 631 g/mol. The topological polar surface area (TPSA) is 93.7 Å². The van der Waals surface area contributed by atoms with Crippen molar-refractivity contribution in [3.05, 3.63) is 73.6 Å². The van der Waals surface area contributed by atoms with Gasteiger partial charge in [-0.25, -0.2) is 0 Å². The number of hydrogen-bond donors (Lipinski definition) is 2. The van der Waals surface area contributed by atoms with Crippen molar-refractivity contribution in [2.45, 2.75) is 66.2 Å². The lowest BCUT2D eigenvalue weighted by Crippen LogP contribution is -2.42. The number of rotatable bonds is 6. The molecule has 2 aromatic rings. The summed E-state index contributed by atoms with van der Waals surface area (Å²) in [4.78, 5) is 40.0. The van der Waals surface area contributed by atoms with Gasteiger partial charge in [-0.3, -0.25) is 14.4 Å². The summed E-state index contributed by atoms with van der Waals surface area (Å²) < 4.78 is 12.4. The van der Waals surface area contributed by atoms with E-state index in [0.29, 0.717) is 41.2 Å². The molecule has 1 heterocycles. The van der Waals surface area contributed by atoms with Crippen LogP contribution in [0.3, 0.4) is 0 Å². The first kappa shape index (κ1) is 29.4. The zero-order valence-electron chi connectivity index (χ0n) is 24.5. The monoisotopic (exact) mass is 668 g/mol. The molecule has 0 aromatic heterocycles. The number of allylic oxidation sites excluding steroid dienone is 4. The molecular formula is C33H37IN2O5. The highest BCUT2D eigenvalue weighted by molar-refractivity contribution is 14.1. The molecule has 2 N–H and O–H groups in total. The minimum absolute atomic E-state index is 0.0695. The molecule has 0 spiro atoms. The number of benzene rings is 2. The quantitative estimate of drug-likeness (QED) is 0.337. The standard InChI is InChI=1S/C33H37IN2O5/c1-18-8-7-9-20(10-18)35-27(39)17-41-31-21(34)11-19(12-26(31)40-6)28-29-22(13-32(2,3)15-24(29)37)36-23-14-33(4,5)16-25(38)30(23)28/h7-12,28,36H,13-17H2,1-6H3,(H,35,39). The number of carbonyl (C=O) groups is 3. The molecule has 0 unspecified atom stereocenters. The van der Waals surface area contributed by atoms with Gasteiger partial charge in [-0.1, -0.05) is 39.8 Å². The Hall–Kier alpha value is -3.14. The van der Waals surface area contributed by atoms with Crippen molar-refractivity contribution in [3.63, 3.8) is 0 Å². The van der Waals surface area contributed by atoms with Crippen LogP contribution in [0.5, 0.6) is 11.5 Å². The van der Waals surface area contributed by atoms with Gasteiger partial charge < -0.3 is 20.1 Å². The number of methoxy groups -OCH3 is 1. The van der Waals surface area contributed by atoms with Gasteiger partial charge in [0, 0.05) is 47.0 Å². The van der Waals surface area contributed by atoms with E-state index in [2.05, 4.69) is 60.9 Å². The van der Waals surface area contributed by atoms with Crippen molar-refractivity contribution < 1.29 is 23.9 Å². The lowest BCUT2D eigenvalue weighted by atomic mass is 9.64. The molecule has 41 heavy (non-hydrogen) atoms. The van der Waals surface area contributed by atoms with Crippen LogP contribution >= 0.6 is 22.6 Å². The lowest BCUT2D eigenvalue weighted by Gasteiger charge is -2.44. The van der Waals surface area contributed by atoms with Crippen LogP contribution in [-0.2, 0) is 14.4 Å². The maximum atomic E-state index is 13.7. The number of carbonyl (C=O) groups excluding carboxylic acids is 3. The molecule has 2 aromatic carbocycles. The molecule has 1 aliphatic heterocycles. The highest BCUT2D eigenvalue weighted by atomic mass is 127. The molecule has 8 heteroatoms. The first-order valence-corrected chi connectivity index (χ1v) is 15.0. The van der Waals surface area contributed by atoms with Crippen molar-refractivity contribution >= 4 is 45.8 Å². The fraction of sp³-hybridized carbons (Fsp3) is 0.424. The van der Waals surface area contributed by atoms with Crippen molar-refractivity contribution in [2.75, 3.05) is 19.0 Å². The molecule has 0 fully saturated rings. The van der Waals surface area contributed by atoms with Crippen LogP contribution in [0, 0.1) is 21.3 Å². The number of hydrogen-bond acceptors (Lipinski definition) is 6. The van der Waals surface area contributed by atoms with Gasteiger partial charge in [-0.2, -0.15) is 0 Å². The Morgan fingerprint density at radius 1 is 0.976 bits per heavy atom. The van der Waals surface area contributed by atoms with Crippen molar-refractivity contribution in [3.8, 4) is 11.5 Å². The Labute approximate surface area is 255 Å². The number of dihydropyridines is 1. The highest BCUT2D eigenvalue weighted by Crippen LogP contribution is 2.52. The summed E-state index contributed by atoms with van der Waals surface area (Å²) in [6, 6.07) is 11.4. The van der Waals surface area contributed by atoms with Gasteiger partial charge in [0.15, 0.2) is 29.7 Å². The largest absolute Gasteiger partial charge is 0.493 e. The van der Waals surface area contributed by atoms with Crippen LogP contribution in [0.1, 0.15) is 70.4 Å². The fourth-order valence-corrected chi connectivity index (χ4v) is 7.11. The maximum absolute atomic E-state index is 13.7. The Morgan fingerprint density at radius 3 is 2.15 bits per heavy atom. The Balaban J connectivity index is 1.50. The van der Waals surface area contributed by atoms with Gasteiger partial charge in [0.05, 0.1) is 10.7 Å². The smallest absolute Gasteiger partial charge is 0.262 e. The van der Waals surface area contributed by atoms with Crippen molar-refractivity contribution in [1.29, 1.82) is 0 Å². The van der Waals surface area contributed by atoms with Crippen LogP contribution < -0.4 is 20.1 Å². The SMILES string of the molecule is COc1cc(C2C3=C(CC(C)(C)CC3=O)NC3=C2C(=O)CC(C)(C)C3)cc(I)c1OCC(=O)Nc1cccc(C)c1. The Morgan fingerprint density at radius 2 is 1.59 bits per heavy atom. The van der Waals surface area contributed by atoms with Gasteiger partial charge in [0.25, 0.3) is 5.91 Å². The molecule has 7 nitrogen and oxygen atoms in total. The van der Waals surface area contributed by atoms with E-state index in [9.17, 15) is 14.4 Å². The summed E-state index contributed by atoms with van der Waals surface area (Å²) in [5.41, 5.74) is 5.43. The van der Waals surface area contributed by atoms with E-state index in [0.717, 1.165) is 38.9 Å². The highest BCUT2D eigenvalue weighted by Gasteiger charge is 2.46. The van der Waals surface area contributed by atoms with E-state index < -0.39 is 5.92 Å². The fourth-order valence-electron chi connectivity index (χ4n) is 6.33. The average molecular weight is 669 g/mol. The average Bonchev–Trinajstić information content (AvgIpc) is 2.84. The van der Waals surface area contributed by atoms with Crippen molar-refractivity contribution in [1.82, 2.24) is 5.32 Å². The maximum Gasteiger partial charge on any atom is 0.262 e. The predicted molar refractivity (Wildman–Crippen MR) is 167 cm³/mol. The van der Waals surface area contributed by atoms with Crippen LogP contribution in [-0.4, -0.2) is 31.2 Å². The molecule has 2 aliphatic carbocycles. The van der Waals surface area contributed by atoms with E-state index >= 15 is 0 Å². The van der Waals surface area contributed by atoms with Gasteiger partial charge in [-0.05, 0) is 88.6 Å². The summed E-state index contributed by atoms with van der Waals surface area (Å²) in [5, 5.41) is 6.41. The molecule has 0 saturated carbocycles. The summed E-state index contributed by atoms with van der Waals surface area (Å²) in [5.74, 6) is 0.270. The van der Waals surface area contributed by atoms with Gasteiger partial charge >= 0.3 is 0 Å². The molecule has 0 saturated heterocycles. The van der Waals surface area contributed by atoms with E-state index in [1.807, 2.05) is 43.3 Å². The van der Waals surface area contributed by atoms with Gasteiger partial charge in [-0.15, -0.1) is 0 Å².